The van der Waals surface area contributed by atoms with Crippen molar-refractivity contribution < 1.29 is 14.6 Å². The summed E-state index contributed by atoms with van der Waals surface area (Å²) in [4.78, 5) is 0. The lowest BCUT2D eigenvalue weighted by molar-refractivity contribution is 0.163. The fraction of sp³-hybridized carbons (Fsp3) is 0.647. The molecule has 0 bridgehead atoms. The van der Waals surface area contributed by atoms with Crippen LogP contribution >= 0.6 is 0 Å². The van der Waals surface area contributed by atoms with Crippen LogP contribution in [0, 0.1) is 0 Å². The summed E-state index contributed by atoms with van der Waals surface area (Å²) in [5, 5.41) is 13.2. The Morgan fingerprint density at radius 1 is 1.24 bits per heavy atom. The highest BCUT2D eigenvalue weighted by Gasteiger charge is 2.32. The summed E-state index contributed by atoms with van der Waals surface area (Å²) in [6, 6.07) is 6.01. The highest BCUT2D eigenvalue weighted by molar-refractivity contribution is 5.43. The molecule has 4 nitrogen and oxygen atoms in total. The van der Waals surface area contributed by atoms with Crippen LogP contribution in [0.5, 0.6) is 11.5 Å². The van der Waals surface area contributed by atoms with E-state index >= 15 is 0 Å². The normalized spacial score (nSPS) is 17.2. The lowest BCUT2D eigenvalue weighted by Gasteiger charge is -2.28. The van der Waals surface area contributed by atoms with Crippen molar-refractivity contribution in [1.29, 1.82) is 0 Å². The van der Waals surface area contributed by atoms with Crippen LogP contribution in [0.25, 0.3) is 0 Å². The van der Waals surface area contributed by atoms with E-state index in [4.69, 9.17) is 9.47 Å². The minimum atomic E-state index is -0.0969. The van der Waals surface area contributed by atoms with Gasteiger partial charge in [-0.1, -0.05) is 18.9 Å². The standard InChI is InChI=1S/C17H27NO3/c1-13(2)21-15-7-6-14(10-16(15)20-3)11-18-17(12-19)8-4-5-9-17/h6-7,10,13,18-19H,4-5,8-9,11-12H2,1-3H3. The Hall–Kier alpha value is -1.26. The molecule has 1 aliphatic rings. The lowest BCUT2D eigenvalue weighted by Crippen LogP contribution is -2.45. The molecule has 0 heterocycles. The van der Waals surface area contributed by atoms with Crippen molar-refractivity contribution in [3.05, 3.63) is 23.8 Å². The van der Waals surface area contributed by atoms with E-state index in [1.807, 2.05) is 32.0 Å². The maximum absolute atomic E-state index is 9.63. The summed E-state index contributed by atoms with van der Waals surface area (Å²) in [7, 11) is 1.66. The number of benzene rings is 1. The molecule has 0 spiro atoms. The average Bonchev–Trinajstić information content (AvgIpc) is 2.95. The van der Waals surface area contributed by atoms with Gasteiger partial charge in [0.1, 0.15) is 0 Å². The Balaban J connectivity index is 2.03. The number of hydrogen-bond acceptors (Lipinski definition) is 4. The predicted molar refractivity (Wildman–Crippen MR) is 83.9 cm³/mol. The van der Waals surface area contributed by atoms with Crippen LogP contribution in [0.1, 0.15) is 45.1 Å². The largest absolute Gasteiger partial charge is 0.493 e. The van der Waals surface area contributed by atoms with Crippen molar-refractivity contribution in [2.75, 3.05) is 13.7 Å². The molecule has 0 amide bonds. The summed E-state index contributed by atoms with van der Waals surface area (Å²) in [6.45, 7) is 4.94. The van der Waals surface area contributed by atoms with Gasteiger partial charge in [-0.25, -0.2) is 0 Å². The molecule has 1 aromatic carbocycles. The Kier molecular flexibility index (Phi) is 5.48. The van der Waals surface area contributed by atoms with Crippen molar-refractivity contribution in [3.63, 3.8) is 0 Å². The highest BCUT2D eigenvalue weighted by atomic mass is 16.5. The number of ether oxygens (including phenoxy) is 2. The molecule has 2 N–H and O–H groups in total. The zero-order valence-electron chi connectivity index (χ0n) is 13.3. The van der Waals surface area contributed by atoms with Crippen LogP contribution in [0.3, 0.4) is 0 Å². The van der Waals surface area contributed by atoms with Gasteiger partial charge < -0.3 is 19.9 Å². The van der Waals surface area contributed by atoms with Gasteiger partial charge in [-0.15, -0.1) is 0 Å². The number of aliphatic hydroxyl groups is 1. The van der Waals surface area contributed by atoms with Crippen molar-refractivity contribution >= 4 is 0 Å². The van der Waals surface area contributed by atoms with Gasteiger partial charge in [0, 0.05) is 12.1 Å². The average molecular weight is 293 g/mol. The van der Waals surface area contributed by atoms with Crippen molar-refractivity contribution in [3.8, 4) is 11.5 Å². The Morgan fingerprint density at radius 2 is 1.95 bits per heavy atom. The fourth-order valence-corrected chi connectivity index (χ4v) is 2.91. The zero-order chi connectivity index (χ0) is 15.3. The van der Waals surface area contributed by atoms with Crippen LogP contribution in [-0.2, 0) is 6.54 Å². The van der Waals surface area contributed by atoms with Crippen LogP contribution in [0.15, 0.2) is 18.2 Å². The molecular formula is C17H27NO3. The van der Waals surface area contributed by atoms with Gasteiger partial charge in [-0.05, 0) is 44.4 Å². The predicted octanol–water partition coefficient (Wildman–Crippen LogP) is 2.88. The SMILES string of the molecule is COc1cc(CNC2(CO)CCCC2)ccc1OC(C)C. The molecule has 4 heteroatoms. The topological polar surface area (TPSA) is 50.7 Å². The maximum atomic E-state index is 9.63. The zero-order valence-corrected chi connectivity index (χ0v) is 13.3. The van der Waals surface area contributed by atoms with E-state index in [0.29, 0.717) is 0 Å². The number of nitrogens with one attached hydrogen (secondary N) is 1. The van der Waals surface area contributed by atoms with Crippen molar-refractivity contribution in [2.24, 2.45) is 0 Å². The molecular weight excluding hydrogens is 266 g/mol. The number of hydrogen-bond donors (Lipinski definition) is 2. The first-order valence-electron chi connectivity index (χ1n) is 7.78. The second kappa shape index (κ2) is 7.14. The first kappa shape index (κ1) is 16.1. The van der Waals surface area contributed by atoms with Gasteiger partial charge in [-0.3, -0.25) is 0 Å². The molecule has 1 fully saturated rings. The molecule has 2 rings (SSSR count). The van der Waals surface area contributed by atoms with E-state index in [1.165, 1.54) is 12.8 Å². The molecule has 21 heavy (non-hydrogen) atoms. The molecule has 1 aromatic rings. The van der Waals surface area contributed by atoms with Crippen LogP contribution in [0.2, 0.25) is 0 Å². The molecule has 0 saturated heterocycles. The van der Waals surface area contributed by atoms with E-state index in [-0.39, 0.29) is 18.2 Å². The van der Waals surface area contributed by atoms with Gasteiger partial charge in [0.15, 0.2) is 11.5 Å². The number of aliphatic hydroxyl groups excluding tert-OH is 1. The third-order valence-corrected chi connectivity index (χ3v) is 4.12. The summed E-state index contributed by atoms with van der Waals surface area (Å²) in [6.07, 6.45) is 4.61. The lowest BCUT2D eigenvalue weighted by atomic mass is 9.98. The summed E-state index contributed by atoms with van der Waals surface area (Å²) in [5.41, 5.74) is 1.04. The second-order valence-electron chi connectivity index (χ2n) is 6.15. The summed E-state index contributed by atoms with van der Waals surface area (Å²) < 4.78 is 11.1. The molecule has 118 valence electrons. The van der Waals surface area contributed by atoms with E-state index in [0.717, 1.165) is 36.4 Å². The molecule has 1 aliphatic carbocycles. The van der Waals surface area contributed by atoms with E-state index in [2.05, 4.69) is 5.32 Å². The minimum Gasteiger partial charge on any atom is -0.493 e. The molecule has 0 aromatic heterocycles. The van der Waals surface area contributed by atoms with E-state index in [1.54, 1.807) is 7.11 Å². The van der Waals surface area contributed by atoms with Crippen LogP contribution in [0.4, 0.5) is 0 Å². The van der Waals surface area contributed by atoms with Gasteiger partial charge in [0.05, 0.1) is 19.8 Å². The molecule has 0 unspecified atom stereocenters. The maximum Gasteiger partial charge on any atom is 0.161 e. The van der Waals surface area contributed by atoms with Gasteiger partial charge >= 0.3 is 0 Å². The third kappa shape index (κ3) is 4.11. The molecule has 0 aliphatic heterocycles. The van der Waals surface area contributed by atoms with Gasteiger partial charge in [0.25, 0.3) is 0 Å². The fourth-order valence-electron chi connectivity index (χ4n) is 2.91. The smallest absolute Gasteiger partial charge is 0.161 e. The first-order valence-corrected chi connectivity index (χ1v) is 7.78. The van der Waals surface area contributed by atoms with Gasteiger partial charge in [0.2, 0.25) is 0 Å². The number of rotatable bonds is 7. The first-order chi connectivity index (χ1) is 10.1. The monoisotopic (exact) mass is 293 g/mol. The van der Waals surface area contributed by atoms with Gasteiger partial charge in [-0.2, -0.15) is 0 Å². The van der Waals surface area contributed by atoms with Crippen molar-refractivity contribution in [1.82, 2.24) is 5.32 Å². The summed E-state index contributed by atoms with van der Waals surface area (Å²) in [5.74, 6) is 1.53. The minimum absolute atomic E-state index is 0.0969. The Labute approximate surface area is 127 Å². The Bertz CT molecular complexity index is 453. The Morgan fingerprint density at radius 3 is 2.52 bits per heavy atom. The molecule has 1 saturated carbocycles. The van der Waals surface area contributed by atoms with Crippen LogP contribution < -0.4 is 14.8 Å². The molecule has 0 radical (unpaired) electrons. The quantitative estimate of drug-likeness (QED) is 0.811. The summed E-state index contributed by atoms with van der Waals surface area (Å²) >= 11 is 0. The molecule has 0 atom stereocenters. The second-order valence-corrected chi connectivity index (χ2v) is 6.15. The number of methoxy groups -OCH3 is 1. The van der Waals surface area contributed by atoms with E-state index < -0.39 is 0 Å². The van der Waals surface area contributed by atoms with Crippen LogP contribution in [-0.4, -0.2) is 30.5 Å². The van der Waals surface area contributed by atoms with E-state index in [9.17, 15) is 5.11 Å². The third-order valence-electron chi connectivity index (χ3n) is 4.12. The highest BCUT2D eigenvalue weighted by Crippen LogP contribution is 2.31. The van der Waals surface area contributed by atoms with Crippen molar-refractivity contribution in [2.45, 2.75) is 57.7 Å².